The summed E-state index contributed by atoms with van der Waals surface area (Å²) in [5.74, 6) is 0.355. The average Bonchev–Trinajstić information content (AvgIpc) is 2.35. The van der Waals surface area contributed by atoms with Crippen molar-refractivity contribution in [3.05, 3.63) is 56.0 Å². The van der Waals surface area contributed by atoms with E-state index < -0.39 is 0 Å². The highest BCUT2D eigenvalue weighted by atomic mass is 35.5. The van der Waals surface area contributed by atoms with E-state index in [1.165, 1.54) is 0 Å². The monoisotopic (exact) mass is 338 g/mol. The summed E-state index contributed by atoms with van der Waals surface area (Å²) in [5, 5.41) is 1.71. The van der Waals surface area contributed by atoms with E-state index in [0.29, 0.717) is 26.0 Å². The Hall–Kier alpha value is -0.110. The van der Waals surface area contributed by atoms with E-state index in [1.807, 2.05) is 12.1 Å². The Bertz CT molecular complexity index is 569. The van der Waals surface area contributed by atoms with Crippen LogP contribution in [0.3, 0.4) is 0 Å². The van der Waals surface area contributed by atoms with Crippen molar-refractivity contribution in [2.45, 2.75) is 5.88 Å². The van der Waals surface area contributed by atoms with Crippen molar-refractivity contribution in [2.24, 2.45) is 0 Å². The minimum atomic E-state index is 0.335. The smallest absolute Gasteiger partial charge is 0.0778 e. The van der Waals surface area contributed by atoms with Crippen molar-refractivity contribution >= 4 is 58.0 Å². The SMILES string of the molecule is ClCc1cccc(Cl)c1-c1cc(Cl)c(Cl)c(Cl)c1. The van der Waals surface area contributed by atoms with E-state index >= 15 is 0 Å². The molecule has 0 nitrogen and oxygen atoms in total. The largest absolute Gasteiger partial charge is 0.122 e. The Morgan fingerprint density at radius 2 is 1.44 bits per heavy atom. The molecule has 0 saturated heterocycles. The van der Waals surface area contributed by atoms with E-state index in [4.69, 9.17) is 58.0 Å². The van der Waals surface area contributed by atoms with Crippen LogP contribution < -0.4 is 0 Å². The Kier molecular flexibility index (Phi) is 4.69. The van der Waals surface area contributed by atoms with Gasteiger partial charge in [0.25, 0.3) is 0 Å². The molecule has 0 atom stereocenters. The zero-order chi connectivity index (χ0) is 13.3. The molecule has 5 heteroatoms. The van der Waals surface area contributed by atoms with Gasteiger partial charge in [-0.15, -0.1) is 11.6 Å². The summed E-state index contributed by atoms with van der Waals surface area (Å²) < 4.78 is 0. The van der Waals surface area contributed by atoms with Crippen molar-refractivity contribution in [1.82, 2.24) is 0 Å². The Labute approximate surface area is 130 Å². The van der Waals surface area contributed by atoms with E-state index in [0.717, 1.165) is 16.7 Å². The predicted molar refractivity (Wildman–Crippen MR) is 81.5 cm³/mol. The van der Waals surface area contributed by atoms with E-state index in [2.05, 4.69) is 0 Å². The number of halogens is 5. The maximum absolute atomic E-state index is 6.21. The van der Waals surface area contributed by atoms with Gasteiger partial charge in [-0.25, -0.2) is 0 Å². The molecular weight excluding hydrogens is 333 g/mol. The molecule has 0 aliphatic heterocycles. The van der Waals surface area contributed by atoms with Crippen LogP contribution in [-0.4, -0.2) is 0 Å². The number of hydrogen-bond acceptors (Lipinski definition) is 0. The van der Waals surface area contributed by atoms with Gasteiger partial charge < -0.3 is 0 Å². The highest BCUT2D eigenvalue weighted by Crippen LogP contribution is 2.39. The Morgan fingerprint density at radius 1 is 0.833 bits per heavy atom. The molecule has 0 heterocycles. The van der Waals surface area contributed by atoms with Gasteiger partial charge in [0, 0.05) is 16.5 Å². The average molecular weight is 340 g/mol. The third-order valence-electron chi connectivity index (χ3n) is 2.52. The van der Waals surface area contributed by atoms with Crippen LogP contribution in [0.5, 0.6) is 0 Å². The van der Waals surface area contributed by atoms with Crippen LogP contribution in [0, 0.1) is 0 Å². The molecular formula is C13H7Cl5. The van der Waals surface area contributed by atoms with Crippen LogP contribution in [0.15, 0.2) is 30.3 Å². The molecule has 0 amide bonds. The summed E-state index contributed by atoms with van der Waals surface area (Å²) in [5.41, 5.74) is 2.55. The third-order valence-corrected chi connectivity index (χ3v) is 4.32. The van der Waals surface area contributed by atoms with E-state index in [9.17, 15) is 0 Å². The van der Waals surface area contributed by atoms with Crippen LogP contribution in [0.1, 0.15) is 5.56 Å². The molecule has 2 rings (SSSR count). The molecule has 0 aromatic heterocycles. The highest BCUT2D eigenvalue weighted by molar-refractivity contribution is 6.48. The van der Waals surface area contributed by atoms with Gasteiger partial charge in [-0.05, 0) is 29.3 Å². The molecule has 0 N–H and O–H groups in total. The van der Waals surface area contributed by atoms with Crippen molar-refractivity contribution in [1.29, 1.82) is 0 Å². The molecule has 0 saturated carbocycles. The van der Waals surface area contributed by atoms with E-state index in [-0.39, 0.29) is 0 Å². The van der Waals surface area contributed by atoms with Crippen molar-refractivity contribution < 1.29 is 0 Å². The van der Waals surface area contributed by atoms with Crippen LogP contribution in [0.25, 0.3) is 11.1 Å². The van der Waals surface area contributed by atoms with Crippen LogP contribution in [0.4, 0.5) is 0 Å². The van der Waals surface area contributed by atoms with E-state index in [1.54, 1.807) is 18.2 Å². The van der Waals surface area contributed by atoms with Crippen LogP contribution >= 0.6 is 58.0 Å². The molecule has 0 unspecified atom stereocenters. The predicted octanol–water partition coefficient (Wildman–Crippen LogP) is 6.71. The molecule has 2 aromatic rings. The summed E-state index contributed by atoms with van der Waals surface area (Å²) in [6, 6.07) is 9.01. The fourth-order valence-corrected chi connectivity index (χ4v) is 2.83. The van der Waals surface area contributed by atoms with Gasteiger partial charge in [0.1, 0.15) is 0 Å². The van der Waals surface area contributed by atoms with Gasteiger partial charge in [-0.3, -0.25) is 0 Å². The van der Waals surface area contributed by atoms with Gasteiger partial charge in [0.05, 0.1) is 15.1 Å². The van der Waals surface area contributed by atoms with Gasteiger partial charge in [0.15, 0.2) is 0 Å². The van der Waals surface area contributed by atoms with Crippen molar-refractivity contribution in [3.8, 4) is 11.1 Å². The van der Waals surface area contributed by atoms with Gasteiger partial charge in [-0.1, -0.05) is 58.5 Å². The summed E-state index contributed by atoms with van der Waals surface area (Å²) in [6.45, 7) is 0. The standard InChI is InChI=1S/C13H7Cl5/c14-6-7-2-1-3-9(15)12(7)8-4-10(16)13(18)11(17)5-8/h1-5H,6H2. The molecule has 2 aromatic carbocycles. The van der Waals surface area contributed by atoms with Crippen LogP contribution in [-0.2, 0) is 5.88 Å². The second-order valence-electron chi connectivity index (χ2n) is 3.66. The summed E-state index contributed by atoms with van der Waals surface area (Å²) in [6.07, 6.45) is 0. The normalized spacial score (nSPS) is 10.7. The third kappa shape index (κ3) is 2.74. The summed E-state index contributed by atoms with van der Waals surface area (Å²) in [7, 11) is 0. The first-order chi connectivity index (χ1) is 8.54. The number of hydrogen-bond donors (Lipinski definition) is 0. The lowest BCUT2D eigenvalue weighted by atomic mass is 10.0. The highest BCUT2D eigenvalue weighted by Gasteiger charge is 2.13. The van der Waals surface area contributed by atoms with Crippen molar-refractivity contribution in [3.63, 3.8) is 0 Å². The summed E-state index contributed by atoms with van der Waals surface area (Å²) in [4.78, 5) is 0. The molecule has 0 aliphatic rings. The topological polar surface area (TPSA) is 0 Å². The number of rotatable bonds is 2. The maximum atomic E-state index is 6.21. The fraction of sp³-hybridized carbons (Fsp3) is 0.0769. The zero-order valence-electron chi connectivity index (χ0n) is 8.98. The lowest BCUT2D eigenvalue weighted by molar-refractivity contribution is 1.40. The quantitative estimate of drug-likeness (QED) is 0.421. The lowest BCUT2D eigenvalue weighted by Crippen LogP contribution is -1.88. The van der Waals surface area contributed by atoms with Crippen LogP contribution in [0.2, 0.25) is 20.1 Å². The molecule has 0 radical (unpaired) electrons. The minimum Gasteiger partial charge on any atom is -0.122 e. The second kappa shape index (κ2) is 5.90. The van der Waals surface area contributed by atoms with Gasteiger partial charge >= 0.3 is 0 Å². The molecule has 18 heavy (non-hydrogen) atoms. The molecule has 0 bridgehead atoms. The molecule has 0 fully saturated rings. The maximum Gasteiger partial charge on any atom is 0.0778 e. The number of benzene rings is 2. The minimum absolute atomic E-state index is 0.335. The Morgan fingerprint density at radius 3 is 2.00 bits per heavy atom. The van der Waals surface area contributed by atoms with Gasteiger partial charge in [-0.2, -0.15) is 0 Å². The lowest BCUT2D eigenvalue weighted by Gasteiger charge is -2.11. The first-order valence-electron chi connectivity index (χ1n) is 5.03. The van der Waals surface area contributed by atoms with Gasteiger partial charge in [0.2, 0.25) is 0 Å². The molecule has 0 aliphatic carbocycles. The molecule has 0 spiro atoms. The first-order valence-corrected chi connectivity index (χ1v) is 7.07. The second-order valence-corrected chi connectivity index (χ2v) is 5.53. The summed E-state index contributed by atoms with van der Waals surface area (Å²) >= 11 is 30.1. The molecule has 94 valence electrons. The van der Waals surface area contributed by atoms with Crippen molar-refractivity contribution in [2.75, 3.05) is 0 Å². The first kappa shape index (κ1) is 14.3. The number of alkyl halides is 1. The zero-order valence-corrected chi connectivity index (χ0v) is 12.8. The Balaban J connectivity index is 2.69. The fourth-order valence-electron chi connectivity index (χ4n) is 1.70.